The average molecular weight is 262 g/mol. The highest BCUT2D eigenvalue weighted by atomic mass is 16.5. The fourth-order valence-corrected chi connectivity index (χ4v) is 2.26. The van der Waals surface area contributed by atoms with Gasteiger partial charge in [-0.1, -0.05) is 30.3 Å². The number of rotatable bonds is 5. The molecule has 104 valence electrons. The number of carbonyl (C=O) groups is 1. The van der Waals surface area contributed by atoms with E-state index in [1.54, 1.807) is 0 Å². The third kappa shape index (κ3) is 4.65. The molecule has 0 aliphatic carbocycles. The number of benzene rings is 1. The minimum absolute atomic E-state index is 0.0188. The summed E-state index contributed by atoms with van der Waals surface area (Å²) < 4.78 is 5.63. The van der Waals surface area contributed by atoms with E-state index in [-0.39, 0.29) is 24.7 Å². The first-order valence-electron chi connectivity index (χ1n) is 6.92. The Morgan fingerprint density at radius 2 is 2.05 bits per heavy atom. The van der Waals surface area contributed by atoms with Gasteiger partial charge >= 0.3 is 0 Å². The molecule has 1 amide bonds. The van der Waals surface area contributed by atoms with E-state index in [4.69, 9.17) is 4.74 Å². The van der Waals surface area contributed by atoms with Crippen LogP contribution in [-0.4, -0.2) is 31.7 Å². The molecule has 1 saturated heterocycles. The summed E-state index contributed by atoms with van der Waals surface area (Å²) in [6.45, 7) is 4.10. The molecule has 4 heteroatoms. The molecular weight excluding hydrogens is 240 g/mol. The Morgan fingerprint density at radius 3 is 2.74 bits per heavy atom. The Hall–Kier alpha value is -1.39. The van der Waals surface area contributed by atoms with E-state index in [0.717, 1.165) is 31.5 Å². The quantitative estimate of drug-likeness (QED) is 0.848. The second-order valence-corrected chi connectivity index (χ2v) is 4.96. The van der Waals surface area contributed by atoms with Gasteiger partial charge in [-0.3, -0.25) is 4.79 Å². The Morgan fingerprint density at radius 1 is 1.37 bits per heavy atom. The standard InChI is InChI=1S/C15H22N2O2/c1-12(13-5-3-2-4-6-13)17-15(18)11-19-14-7-9-16-10-8-14/h2-6,12,14,16H,7-11H2,1H3,(H,17,18)/t12-/m1/s1. The third-order valence-electron chi connectivity index (χ3n) is 3.41. The van der Waals surface area contributed by atoms with E-state index in [0.29, 0.717) is 0 Å². The van der Waals surface area contributed by atoms with Crippen LogP contribution < -0.4 is 10.6 Å². The van der Waals surface area contributed by atoms with Crippen LogP contribution in [0.1, 0.15) is 31.4 Å². The highest BCUT2D eigenvalue weighted by Crippen LogP contribution is 2.11. The van der Waals surface area contributed by atoms with Crippen LogP contribution in [-0.2, 0) is 9.53 Å². The van der Waals surface area contributed by atoms with Crippen LogP contribution in [0.25, 0.3) is 0 Å². The molecule has 1 aromatic rings. The predicted octanol–water partition coefficient (Wildman–Crippen LogP) is 1.63. The van der Waals surface area contributed by atoms with Crippen molar-refractivity contribution in [3.05, 3.63) is 35.9 Å². The van der Waals surface area contributed by atoms with Gasteiger partial charge in [-0.2, -0.15) is 0 Å². The van der Waals surface area contributed by atoms with Crippen molar-refractivity contribution in [1.29, 1.82) is 0 Å². The summed E-state index contributed by atoms with van der Waals surface area (Å²) in [6.07, 6.45) is 2.20. The molecule has 0 unspecified atom stereocenters. The first-order chi connectivity index (χ1) is 9.25. The molecule has 1 aliphatic heterocycles. The minimum atomic E-state index is -0.0464. The molecule has 2 N–H and O–H groups in total. The zero-order valence-electron chi connectivity index (χ0n) is 11.4. The average Bonchev–Trinajstić information content (AvgIpc) is 2.47. The molecule has 1 aliphatic rings. The zero-order chi connectivity index (χ0) is 13.5. The second-order valence-electron chi connectivity index (χ2n) is 4.96. The molecule has 0 spiro atoms. The molecule has 2 rings (SSSR count). The topological polar surface area (TPSA) is 50.4 Å². The molecule has 0 radical (unpaired) electrons. The van der Waals surface area contributed by atoms with Gasteiger partial charge in [-0.15, -0.1) is 0 Å². The highest BCUT2D eigenvalue weighted by Gasteiger charge is 2.15. The summed E-state index contributed by atoms with van der Waals surface area (Å²) in [5, 5.41) is 6.23. The van der Waals surface area contributed by atoms with E-state index in [9.17, 15) is 4.79 Å². The van der Waals surface area contributed by atoms with Gasteiger partial charge in [0.05, 0.1) is 12.1 Å². The first-order valence-corrected chi connectivity index (χ1v) is 6.92. The summed E-state index contributed by atoms with van der Waals surface area (Å²) in [5.74, 6) is -0.0464. The smallest absolute Gasteiger partial charge is 0.246 e. The van der Waals surface area contributed by atoms with Crippen molar-refractivity contribution in [2.75, 3.05) is 19.7 Å². The molecule has 0 saturated carbocycles. The van der Waals surface area contributed by atoms with E-state index in [1.807, 2.05) is 37.3 Å². The number of nitrogens with one attached hydrogen (secondary N) is 2. The number of ether oxygens (including phenoxy) is 1. The van der Waals surface area contributed by atoms with Gasteiger partial charge in [-0.25, -0.2) is 0 Å². The van der Waals surface area contributed by atoms with Gasteiger partial charge < -0.3 is 15.4 Å². The van der Waals surface area contributed by atoms with Gasteiger partial charge in [-0.05, 0) is 38.4 Å². The SMILES string of the molecule is C[C@@H](NC(=O)COC1CCNCC1)c1ccccc1. The summed E-state index contributed by atoms with van der Waals surface area (Å²) in [7, 11) is 0. The Balaban J connectivity index is 1.71. The Labute approximate surface area is 114 Å². The van der Waals surface area contributed by atoms with Crippen LogP contribution in [0.4, 0.5) is 0 Å². The fourth-order valence-electron chi connectivity index (χ4n) is 2.26. The third-order valence-corrected chi connectivity index (χ3v) is 3.41. The molecule has 1 atom stereocenters. The van der Waals surface area contributed by atoms with E-state index >= 15 is 0 Å². The molecule has 1 aromatic carbocycles. The van der Waals surface area contributed by atoms with Gasteiger partial charge in [0.25, 0.3) is 0 Å². The number of piperidine rings is 1. The lowest BCUT2D eigenvalue weighted by molar-refractivity contribution is -0.128. The van der Waals surface area contributed by atoms with Gasteiger partial charge in [0, 0.05) is 0 Å². The van der Waals surface area contributed by atoms with Crippen molar-refractivity contribution in [3.8, 4) is 0 Å². The van der Waals surface area contributed by atoms with E-state index in [2.05, 4.69) is 10.6 Å². The zero-order valence-corrected chi connectivity index (χ0v) is 11.4. The Kier molecular flexibility index (Phi) is 5.36. The summed E-state index contributed by atoms with van der Waals surface area (Å²) >= 11 is 0. The van der Waals surface area contributed by atoms with Crippen LogP contribution >= 0.6 is 0 Å². The van der Waals surface area contributed by atoms with Crippen molar-refractivity contribution in [3.63, 3.8) is 0 Å². The van der Waals surface area contributed by atoms with Crippen LogP contribution in [0.5, 0.6) is 0 Å². The van der Waals surface area contributed by atoms with Crippen molar-refractivity contribution >= 4 is 5.91 Å². The molecule has 1 heterocycles. The van der Waals surface area contributed by atoms with Crippen LogP contribution in [0.3, 0.4) is 0 Å². The van der Waals surface area contributed by atoms with Crippen molar-refractivity contribution in [2.24, 2.45) is 0 Å². The second kappa shape index (κ2) is 7.26. The van der Waals surface area contributed by atoms with E-state index < -0.39 is 0 Å². The van der Waals surface area contributed by atoms with Crippen molar-refractivity contribution in [2.45, 2.75) is 31.9 Å². The van der Waals surface area contributed by atoms with Gasteiger partial charge in [0.2, 0.25) is 5.91 Å². The molecule has 19 heavy (non-hydrogen) atoms. The maximum Gasteiger partial charge on any atom is 0.246 e. The largest absolute Gasteiger partial charge is 0.368 e. The normalized spacial score (nSPS) is 17.9. The van der Waals surface area contributed by atoms with Crippen LogP contribution in [0, 0.1) is 0 Å². The minimum Gasteiger partial charge on any atom is -0.368 e. The highest BCUT2D eigenvalue weighted by molar-refractivity contribution is 5.77. The number of amides is 1. The summed E-state index contributed by atoms with van der Waals surface area (Å²) in [5.41, 5.74) is 1.11. The monoisotopic (exact) mass is 262 g/mol. The maximum absolute atomic E-state index is 11.8. The molecule has 1 fully saturated rings. The first kappa shape index (κ1) is 14.0. The van der Waals surface area contributed by atoms with Gasteiger partial charge in [0.15, 0.2) is 0 Å². The lowest BCUT2D eigenvalue weighted by Gasteiger charge is -2.23. The molecular formula is C15H22N2O2. The number of hydrogen-bond acceptors (Lipinski definition) is 3. The summed E-state index contributed by atoms with van der Waals surface area (Å²) in [6, 6.07) is 9.97. The maximum atomic E-state index is 11.8. The van der Waals surface area contributed by atoms with Crippen LogP contribution in [0.15, 0.2) is 30.3 Å². The van der Waals surface area contributed by atoms with Gasteiger partial charge in [0.1, 0.15) is 6.61 Å². The predicted molar refractivity (Wildman–Crippen MR) is 74.8 cm³/mol. The molecule has 0 aromatic heterocycles. The number of carbonyl (C=O) groups excluding carboxylic acids is 1. The fraction of sp³-hybridized carbons (Fsp3) is 0.533. The lowest BCUT2D eigenvalue weighted by atomic mass is 10.1. The summed E-state index contributed by atoms with van der Waals surface area (Å²) in [4.78, 5) is 11.8. The Bertz CT molecular complexity index is 388. The van der Waals surface area contributed by atoms with Crippen molar-refractivity contribution < 1.29 is 9.53 Å². The van der Waals surface area contributed by atoms with Crippen molar-refractivity contribution in [1.82, 2.24) is 10.6 Å². The van der Waals surface area contributed by atoms with E-state index in [1.165, 1.54) is 0 Å². The molecule has 0 bridgehead atoms. The van der Waals surface area contributed by atoms with Crippen LogP contribution in [0.2, 0.25) is 0 Å². The molecule has 4 nitrogen and oxygen atoms in total. The number of hydrogen-bond donors (Lipinski definition) is 2. The lowest BCUT2D eigenvalue weighted by Crippen LogP contribution is -2.36.